The molecule has 2 fully saturated rings. The molecule has 2 heterocycles. The number of aromatic nitrogens is 2. The SMILES string of the molecule is Cc1ccc(-c2ccc(N3CCN(C(=O)CN(CCc4ccccc4)C(=O)C4CC4)CC3)nn2)cc1. The zero-order valence-electron chi connectivity index (χ0n) is 20.8. The Balaban J connectivity index is 1.15. The third-order valence-electron chi connectivity index (χ3n) is 7.03. The Morgan fingerprint density at radius 2 is 1.61 bits per heavy atom. The first-order valence-corrected chi connectivity index (χ1v) is 12.8. The van der Waals surface area contributed by atoms with Crippen LogP contribution >= 0.6 is 0 Å². The molecule has 0 radical (unpaired) electrons. The summed E-state index contributed by atoms with van der Waals surface area (Å²) in [6, 6.07) is 22.4. The molecule has 0 N–H and O–H groups in total. The minimum absolute atomic E-state index is 0.0255. The molecule has 7 nitrogen and oxygen atoms in total. The summed E-state index contributed by atoms with van der Waals surface area (Å²) < 4.78 is 0. The van der Waals surface area contributed by atoms with Gasteiger partial charge in [-0.3, -0.25) is 9.59 Å². The van der Waals surface area contributed by atoms with E-state index in [4.69, 9.17) is 0 Å². The molecule has 36 heavy (non-hydrogen) atoms. The first-order chi connectivity index (χ1) is 17.6. The third-order valence-corrected chi connectivity index (χ3v) is 7.03. The van der Waals surface area contributed by atoms with Crippen LogP contribution in [0.5, 0.6) is 0 Å². The van der Waals surface area contributed by atoms with Gasteiger partial charge in [0, 0.05) is 44.2 Å². The minimum atomic E-state index is 0.0255. The molecular weight excluding hydrogens is 450 g/mol. The standard InChI is InChI=1S/C29H33N5O2/c1-22-7-9-24(10-8-22)26-13-14-27(31-30-26)32-17-19-33(20-18-32)28(35)21-34(29(36)25-11-12-25)16-15-23-5-3-2-4-6-23/h2-10,13-14,25H,11-12,15-21H2,1H3. The van der Waals surface area contributed by atoms with Crippen molar-refractivity contribution in [1.82, 2.24) is 20.0 Å². The second-order valence-corrected chi connectivity index (χ2v) is 9.78. The molecule has 1 aliphatic heterocycles. The van der Waals surface area contributed by atoms with Crippen molar-refractivity contribution in [3.05, 3.63) is 77.9 Å². The Bertz CT molecular complexity index is 1170. The molecule has 5 rings (SSSR count). The lowest BCUT2D eigenvalue weighted by atomic mass is 10.1. The molecule has 3 aromatic rings. The van der Waals surface area contributed by atoms with Gasteiger partial charge in [0.15, 0.2) is 5.82 Å². The Morgan fingerprint density at radius 1 is 0.889 bits per heavy atom. The van der Waals surface area contributed by atoms with Gasteiger partial charge in [-0.1, -0.05) is 60.2 Å². The third kappa shape index (κ3) is 5.90. The van der Waals surface area contributed by atoms with Crippen LogP contribution in [0.1, 0.15) is 24.0 Å². The van der Waals surface area contributed by atoms with E-state index in [1.54, 1.807) is 4.90 Å². The van der Waals surface area contributed by atoms with Crippen molar-refractivity contribution in [2.45, 2.75) is 26.2 Å². The minimum Gasteiger partial charge on any atom is -0.352 e. The molecule has 2 aliphatic rings. The van der Waals surface area contributed by atoms with Crippen LogP contribution < -0.4 is 4.90 Å². The van der Waals surface area contributed by atoms with Crippen LogP contribution in [0.25, 0.3) is 11.3 Å². The van der Waals surface area contributed by atoms with Crippen LogP contribution in [0.3, 0.4) is 0 Å². The molecule has 1 saturated carbocycles. The smallest absolute Gasteiger partial charge is 0.242 e. The van der Waals surface area contributed by atoms with E-state index in [1.807, 2.05) is 35.2 Å². The van der Waals surface area contributed by atoms with Gasteiger partial charge in [0.2, 0.25) is 11.8 Å². The van der Waals surface area contributed by atoms with Gasteiger partial charge in [0.05, 0.1) is 12.2 Å². The summed E-state index contributed by atoms with van der Waals surface area (Å²) in [5.74, 6) is 1.08. The quantitative estimate of drug-likeness (QED) is 0.490. The number of rotatable bonds is 8. The lowest BCUT2D eigenvalue weighted by Crippen LogP contribution is -2.52. The normalized spacial score (nSPS) is 15.6. The largest absolute Gasteiger partial charge is 0.352 e. The highest BCUT2D eigenvalue weighted by Gasteiger charge is 2.35. The van der Waals surface area contributed by atoms with Crippen molar-refractivity contribution in [2.75, 3.05) is 44.2 Å². The molecule has 0 bridgehead atoms. The second-order valence-electron chi connectivity index (χ2n) is 9.78. The van der Waals surface area contributed by atoms with Crippen LogP contribution in [0, 0.1) is 12.8 Å². The molecule has 0 unspecified atom stereocenters. The highest BCUT2D eigenvalue weighted by molar-refractivity contribution is 5.87. The van der Waals surface area contributed by atoms with Gasteiger partial charge in [-0.05, 0) is 43.9 Å². The molecule has 1 saturated heterocycles. The van der Waals surface area contributed by atoms with Gasteiger partial charge in [0.25, 0.3) is 0 Å². The molecule has 186 valence electrons. The summed E-state index contributed by atoms with van der Waals surface area (Å²) in [6.07, 6.45) is 2.64. The summed E-state index contributed by atoms with van der Waals surface area (Å²) >= 11 is 0. The molecule has 0 atom stereocenters. The summed E-state index contributed by atoms with van der Waals surface area (Å²) in [5.41, 5.74) is 4.30. The van der Waals surface area contributed by atoms with Crippen LogP contribution in [-0.4, -0.2) is 71.1 Å². The summed E-state index contributed by atoms with van der Waals surface area (Å²) in [7, 11) is 0. The van der Waals surface area contributed by atoms with Crippen LogP contribution in [0.15, 0.2) is 66.7 Å². The lowest BCUT2D eigenvalue weighted by Gasteiger charge is -2.36. The van der Waals surface area contributed by atoms with Crippen LogP contribution in [-0.2, 0) is 16.0 Å². The van der Waals surface area contributed by atoms with E-state index in [0.717, 1.165) is 36.3 Å². The van der Waals surface area contributed by atoms with Crippen molar-refractivity contribution in [3.63, 3.8) is 0 Å². The maximum atomic E-state index is 13.1. The topological polar surface area (TPSA) is 69.6 Å². The van der Waals surface area contributed by atoms with Gasteiger partial charge in [-0.15, -0.1) is 10.2 Å². The van der Waals surface area contributed by atoms with Crippen LogP contribution in [0.2, 0.25) is 0 Å². The zero-order chi connectivity index (χ0) is 24.9. The van der Waals surface area contributed by atoms with Crippen molar-refractivity contribution in [3.8, 4) is 11.3 Å². The molecule has 1 aliphatic carbocycles. The average Bonchev–Trinajstić information content (AvgIpc) is 3.78. The lowest BCUT2D eigenvalue weighted by molar-refractivity contribution is -0.141. The van der Waals surface area contributed by atoms with E-state index in [0.29, 0.717) is 32.7 Å². The number of piperazine rings is 1. The van der Waals surface area contributed by atoms with E-state index in [9.17, 15) is 9.59 Å². The monoisotopic (exact) mass is 483 g/mol. The highest BCUT2D eigenvalue weighted by atomic mass is 16.2. The van der Waals surface area contributed by atoms with Gasteiger partial charge >= 0.3 is 0 Å². The number of aryl methyl sites for hydroxylation is 1. The van der Waals surface area contributed by atoms with E-state index >= 15 is 0 Å². The number of anilines is 1. The van der Waals surface area contributed by atoms with Crippen molar-refractivity contribution in [2.24, 2.45) is 5.92 Å². The van der Waals surface area contributed by atoms with Gasteiger partial charge in [-0.2, -0.15) is 0 Å². The first kappa shape index (κ1) is 24.0. The predicted octanol–water partition coefficient (Wildman–Crippen LogP) is 3.58. The van der Waals surface area contributed by atoms with Crippen LogP contribution in [0.4, 0.5) is 5.82 Å². The fraction of sp³-hybridized carbons (Fsp3) is 0.379. The number of hydrogen-bond donors (Lipinski definition) is 0. The number of amides is 2. The molecule has 2 aromatic carbocycles. The Kier molecular flexibility index (Phi) is 7.26. The molecule has 1 aromatic heterocycles. The number of carbonyl (C=O) groups is 2. The fourth-order valence-corrected chi connectivity index (χ4v) is 4.58. The maximum absolute atomic E-state index is 13.1. The fourth-order valence-electron chi connectivity index (χ4n) is 4.58. The second kappa shape index (κ2) is 10.9. The summed E-state index contributed by atoms with van der Waals surface area (Å²) in [4.78, 5) is 31.8. The molecule has 0 spiro atoms. The Morgan fingerprint density at radius 3 is 2.25 bits per heavy atom. The van der Waals surface area contributed by atoms with E-state index in [2.05, 4.69) is 58.4 Å². The van der Waals surface area contributed by atoms with Gasteiger partial charge in [-0.25, -0.2) is 0 Å². The number of nitrogens with zero attached hydrogens (tertiary/aromatic N) is 5. The van der Waals surface area contributed by atoms with Crippen molar-refractivity contribution in [1.29, 1.82) is 0 Å². The van der Waals surface area contributed by atoms with Gasteiger partial charge in [0.1, 0.15) is 0 Å². The number of benzene rings is 2. The summed E-state index contributed by atoms with van der Waals surface area (Å²) in [5, 5.41) is 8.86. The predicted molar refractivity (Wildman–Crippen MR) is 140 cm³/mol. The molecular formula is C29H33N5O2. The first-order valence-electron chi connectivity index (χ1n) is 12.8. The number of carbonyl (C=O) groups excluding carboxylic acids is 2. The Hall–Kier alpha value is -3.74. The van der Waals surface area contributed by atoms with Gasteiger partial charge < -0.3 is 14.7 Å². The van der Waals surface area contributed by atoms with E-state index < -0.39 is 0 Å². The van der Waals surface area contributed by atoms with Crippen molar-refractivity contribution < 1.29 is 9.59 Å². The van der Waals surface area contributed by atoms with E-state index in [1.165, 1.54) is 11.1 Å². The maximum Gasteiger partial charge on any atom is 0.242 e. The highest BCUT2D eigenvalue weighted by Crippen LogP contribution is 2.31. The molecule has 2 amide bonds. The van der Waals surface area contributed by atoms with Crippen molar-refractivity contribution >= 4 is 17.6 Å². The Labute approximate surface area is 212 Å². The summed E-state index contributed by atoms with van der Waals surface area (Å²) in [6.45, 7) is 5.43. The van der Waals surface area contributed by atoms with E-state index in [-0.39, 0.29) is 24.3 Å². The molecule has 7 heteroatoms. The number of hydrogen-bond acceptors (Lipinski definition) is 5. The zero-order valence-corrected chi connectivity index (χ0v) is 20.8. The average molecular weight is 484 g/mol.